The minimum atomic E-state index is -0.468. The third kappa shape index (κ3) is 4.73. The maximum atomic E-state index is 9.98. The molecule has 0 aromatic heterocycles. The van der Waals surface area contributed by atoms with Crippen molar-refractivity contribution in [2.75, 3.05) is 13.6 Å². The van der Waals surface area contributed by atoms with Crippen LogP contribution in [0.1, 0.15) is 46.0 Å². The third-order valence-electron chi connectivity index (χ3n) is 2.41. The highest BCUT2D eigenvalue weighted by molar-refractivity contribution is 4.78. The molecule has 0 saturated carbocycles. The van der Waals surface area contributed by atoms with Gasteiger partial charge in [-0.25, -0.2) is 0 Å². The molecule has 0 aliphatic rings. The Hall–Kier alpha value is -0.0800. The molecule has 0 aliphatic carbocycles. The Bertz CT molecular complexity index is 106. The topological polar surface area (TPSA) is 32.3 Å². The Morgan fingerprint density at radius 2 is 1.92 bits per heavy atom. The highest BCUT2D eigenvalue weighted by Gasteiger charge is 2.22. The first-order valence-electron chi connectivity index (χ1n) is 5.05. The fourth-order valence-electron chi connectivity index (χ4n) is 1.42. The quantitative estimate of drug-likeness (QED) is 0.577. The Kier molecular flexibility index (Phi) is 6.39. The van der Waals surface area contributed by atoms with Crippen LogP contribution in [-0.2, 0) is 0 Å². The zero-order valence-corrected chi connectivity index (χ0v) is 8.69. The highest BCUT2D eigenvalue weighted by Crippen LogP contribution is 2.17. The molecule has 0 heterocycles. The summed E-state index contributed by atoms with van der Waals surface area (Å²) in [6.45, 7) is 4.94. The summed E-state index contributed by atoms with van der Waals surface area (Å²) in [6, 6.07) is 0. The van der Waals surface area contributed by atoms with Gasteiger partial charge in [-0.15, -0.1) is 0 Å². The zero-order valence-electron chi connectivity index (χ0n) is 8.69. The second-order valence-corrected chi connectivity index (χ2v) is 3.57. The van der Waals surface area contributed by atoms with Gasteiger partial charge < -0.3 is 10.4 Å². The fourth-order valence-corrected chi connectivity index (χ4v) is 1.42. The van der Waals surface area contributed by atoms with Gasteiger partial charge >= 0.3 is 0 Å². The Balaban J connectivity index is 3.63. The van der Waals surface area contributed by atoms with Crippen molar-refractivity contribution in [3.63, 3.8) is 0 Å². The monoisotopic (exact) mass is 173 g/mol. The summed E-state index contributed by atoms with van der Waals surface area (Å²) in [5.74, 6) is 0. The van der Waals surface area contributed by atoms with Crippen LogP contribution in [0.15, 0.2) is 0 Å². The van der Waals surface area contributed by atoms with Gasteiger partial charge in [-0.1, -0.05) is 33.1 Å². The second kappa shape index (κ2) is 6.44. The molecule has 2 N–H and O–H groups in total. The van der Waals surface area contributed by atoms with Crippen molar-refractivity contribution in [1.82, 2.24) is 5.32 Å². The van der Waals surface area contributed by atoms with Gasteiger partial charge in [-0.05, 0) is 19.9 Å². The maximum absolute atomic E-state index is 9.98. The summed E-state index contributed by atoms with van der Waals surface area (Å²) in [5, 5.41) is 13.0. The van der Waals surface area contributed by atoms with Gasteiger partial charge in [0.25, 0.3) is 0 Å². The molecule has 0 radical (unpaired) electrons. The standard InChI is InChI=1S/C10H23NO/c1-4-6-7-8-10(12,5-2)9-11-3/h11-12H,4-9H2,1-3H3. The van der Waals surface area contributed by atoms with Crippen molar-refractivity contribution in [2.24, 2.45) is 0 Å². The van der Waals surface area contributed by atoms with Gasteiger partial charge in [0, 0.05) is 6.54 Å². The van der Waals surface area contributed by atoms with Gasteiger partial charge in [0.1, 0.15) is 0 Å². The number of likely N-dealkylation sites (N-methyl/N-ethyl adjacent to an activating group) is 1. The SMILES string of the molecule is CCCCCC(O)(CC)CNC. The Morgan fingerprint density at radius 1 is 1.25 bits per heavy atom. The highest BCUT2D eigenvalue weighted by atomic mass is 16.3. The van der Waals surface area contributed by atoms with Crippen LogP contribution in [0.5, 0.6) is 0 Å². The fraction of sp³-hybridized carbons (Fsp3) is 1.00. The van der Waals surface area contributed by atoms with Crippen LogP contribution in [-0.4, -0.2) is 24.3 Å². The Labute approximate surface area is 76.4 Å². The maximum Gasteiger partial charge on any atom is 0.0768 e. The van der Waals surface area contributed by atoms with E-state index in [4.69, 9.17) is 0 Å². The van der Waals surface area contributed by atoms with Crippen molar-refractivity contribution >= 4 is 0 Å². The van der Waals surface area contributed by atoms with Crippen LogP contribution < -0.4 is 5.32 Å². The summed E-state index contributed by atoms with van der Waals surface area (Å²) >= 11 is 0. The molecular weight excluding hydrogens is 150 g/mol. The average molecular weight is 173 g/mol. The lowest BCUT2D eigenvalue weighted by Crippen LogP contribution is -2.38. The van der Waals surface area contributed by atoms with E-state index in [-0.39, 0.29) is 0 Å². The number of nitrogens with one attached hydrogen (secondary N) is 1. The molecule has 74 valence electrons. The zero-order chi connectivity index (χ0) is 9.45. The number of aliphatic hydroxyl groups is 1. The lowest BCUT2D eigenvalue weighted by Gasteiger charge is -2.26. The van der Waals surface area contributed by atoms with E-state index in [0.717, 1.165) is 19.3 Å². The normalized spacial score (nSPS) is 16.0. The van der Waals surface area contributed by atoms with Crippen molar-refractivity contribution in [2.45, 2.75) is 51.6 Å². The summed E-state index contributed by atoms with van der Waals surface area (Å²) in [7, 11) is 1.89. The van der Waals surface area contributed by atoms with E-state index in [1.165, 1.54) is 12.8 Å². The number of rotatable bonds is 7. The smallest absolute Gasteiger partial charge is 0.0768 e. The predicted molar refractivity (Wildman–Crippen MR) is 53.3 cm³/mol. The largest absolute Gasteiger partial charge is 0.389 e. The molecule has 0 fully saturated rings. The first-order valence-corrected chi connectivity index (χ1v) is 5.05. The molecule has 0 rings (SSSR count). The minimum absolute atomic E-state index is 0.468. The number of hydrogen-bond donors (Lipinski definition) is 2. The summed E-state index contributed by atoms with van der Waals surface area (Å²) < 4.78 is 0. The third-order valence-corrected chi connectivity index (χ3v) is 2.41. The van der Waals surface area contributed by atoms with E-state index in [9.17, 15) is 5.11 Å². The lowest BCUT2D eigenvalue weighted by atomic mass is 9.93. The van der Waals surface area contributed by atoms with Crippen LogP contribution >= 0.6 is 0 Å². The first-order chi connectivity index (χ1) is 5.68. The average Bonchev–Trinajstić information content (AvgIpc) is 2.06. The molecule has 1 unspecified atom stereocenters. The molecule has 2 heteroatoms. The van der Waals surface area contributed by atoms with E-state index < -0.39 is 5.60 Å². The second-order valence-electron chi connectivity index (χ2n) is 3.57. The van der Waals surface area contributed by atoms with Crippen molar-refractivity contribution in [3.8, 4) is 0 Å². The molecule has 1 atom stereocenters. The van der Waals surface area contributed by atoms with Crippen molar-refractivity contribution in [1.29, 1.82) is 0 Å². The van der Waals surface area contributed by atoms with Crippen LogP contribution in [0.2, 0.25) is 0 Å². The number of unbranched alkanes of at least 4 members (excludes halogenated alkanes) is 2. The number of hydrogen-bond acceptors (Lipinski definition) is 2. The minimum Gasteiger partial charge on any atom is -0.389 e. The van der Waals surface area contributed by atoms with Crippen molar-refractivity contribution < 1.29 is 5.11 Å². The Morgan fingerprint density at radius 3 is 2.33 bits per heavy atom. The van der Waals surface area contributed by atoms with Gasteiger partial charge in [0.15, 0.2) is 0 Å². The van der Waals surface area contributed by atoms with E-state index in [2.05, 4.69) is 12.2 Å². The molecular formula is C10H23NO. The van der Waals surface area contributed by atoms with E-state index in [1.54, 1.807) is 0 Å². The molecule has 0 amide bonds. The molecule has 0 spiro atoms. The van der Waals surface area contributed by atoms with Crippen molar-refractivity contribution in [3.05, 3.63) is 0 Å². The van der Waals surface area contributed by atoms with Gasteiger partial charge in [0.05, 0.1) is 5.60 Å². The molecule has 0 saturated heterocycles. The van der Waals surface area contributed by atoms with E-state index >= 15 is 0 Å². The summed E-state index contributed by atoms with van der Waals surface area (Å²) in [6.07, 6.45) is 5.36. The molecule has 0 aromatic rings. The van der Waals surface area contributed by atoms with Gasteiger partial charge in [-0.3, -0.25) is 0 Å². The summed E-state index contributed by atoms with van der Waals surface area (Å²) in [4.78, 5) is 0. The summed E-state index contributed by atoms with van der Waals surface area (Å²) in [5.41, 5.74) is -0.468. The van der Waals surface area contributed by atoms with Crippen LogP contribution in [0, 0.1) is 0 Å². The lowest BCUT2D eigenvalue weighted by molar-refractivity contribution is 0.0272. The molecule has 12 heavy (non-hydrogen) atoms. The predicted octanol–water partition coefficient (Wildman–Crippen LogP) is 1.93. The molecule has 0 aliphatic heterocycles. The van der Waals surface area contributed by atoms with E-state index in [0.29, 0.717) is 6.54 Å². The van der Waals surface area contributed by atoms with Crippen LogP contribution in [0.3, 0.4) is 0 Å². The first kappa shape index (κ1) is 11.9. The van der Waals surface area contributed by atoms with Gasteiger partial charge in [-0.2, -0.15) is 0 Å². The molecule has 2 nitrogen and oxygen atoms in total. The van der Waals surface area contributed by atoms with Crippen LogP contribution in [0.25, 0.3) is 0 Å². The molecule has 0 aromatic carbocycles. The van der Waals surface area contributed by atoms with Gasteiger partial charge in [0.2, 0.25) is 0 Å². The van der Waals surface area contributed by atoms with E-state index in [1.807, 2.05) is 14.0 Å². The molecule has 0 bridgehead atoms. The van der Waals surface area contributed by atoms with Crippen LogP contribution in [0.4, 0.5) is 0 Å².